The number of fused-ring (bicyclic) bond motifs is 12. The molecule has 4 nitrogen and oxygen atoms in total. The van der Waals surface area contributed by atoms with Crippen molar-refractivity contribution in [1.82, 2.24) is 8.96 Å². The van der Waals surface area contributed by atoms with Crippen molar-refractivity contribution in [3.8, 4) is 0 Å². The summed E-state index contributed by atoms with van der Waals surface area (Å²) in [7, 11) is 0. The van der Waals surface area contributed by atoms with Crippen LogP contribution in [-0.4, -0.2) is 43.3 Å². The number of nitrogens with zero attached hydrogens (tertiary/aromatic N) is 4. The Morgan fingerprint density at radius 2 is 0.881 bits per heavy atom. The minimum absolute atomic E-state index is 0.406. The molecule has 0 fully saturated rings. The maximum absolute atomic E-state index is 16.5. The highest BCUT2D eigenvalue weighted by Gasteiger charge is 2.57. The van der Waals surface area contributed by atoms with Crippen LogP contribution in [0.4, 0.5) is 17.3 Å². The summed E-state index contributed by atoms with van der Waals surface area (Å²) in [4.78, 5) is 0. The first-order chi connectivity index (χ1) is 20.0. The second-order valence-corrected chi connectivity index (χ2v) is 11.9. The molecule has 4 aliphatic heterocycles. The van der Waals surface area contributed by atoms with Crippen LogP contribution in [0.1, 0.15) is 58.9 Å². The standard InChI is InChI=1S/C32H24B2F4N4/c1-17-21-9-5-7-11-23(21)29-15-31-27-14-26-20(4)42-32(28(26)13-25(27)19(3)41(31)33(35,36)39(17)29)16-30-24-12-8-6-10-22(24)18(2)40(30)34(42,37)38/h5-16H,1-4H3. The van der Waals surface area contributed by atoms with Crippen LogP contribution < -0.4 is 0 Å². The second kappa shape index (κ2) is 7.24. The van der Waals surface area contributed by atoms with Gasteiger partial charge in [0, 0.05) is 48.2 Å². The van der Waals surface area contributed by atoms with E-state index in [2.05, 4.69) is 0 Å². The number of hydrogen-bond donors (Lipinski definition) is 0. The molecule has 0 radical (unpaired) electrons. The Hall–Kier alpha value is -4.59. The smallest absolute Gasteiger partial charge is 0.393 e. The van der Waals surface area contributed by atoms with Crippen molar-refractivity contribution in [2.45, 2.75) is 27.7 Å². The molecule has 2 aromatic heterocycles. The molecule has 0 bridgehead atoms. The van der Waals surface area contributed by atoms with Gasteiger partial charge >= 0.3 is 13.9 Å². The first-order valence-electron chi connectivity index (χ1n) is 14.2. The third-order valence-electron chi connectivity index (χ3n) is 9.95. The van der Waals surface area contributed by atoms with Gasteiger partial charge in [-0.3, -0.25) is 0 Å². The van der Waals surface area contributed by atoms with Crippen molar-refractivity contribution in [3.05, 3.63) is 106 Å². The average molecular weight is 562 g/mol. The molecule has 6 heterocycles. The summed E-state index contributed by atoms with van der Waals surface area (Å²) >= 11 is 0. The van der Waals surface area contributed by atoms with Crippen molar-refractivity contribution in [2.75, 3.05) is 0 Å². The van der Waals surface area contributed by atoms with Gasteiger partial charge in [-0.05, 0) is 48.1 Å². The quantitative estimate of drug-likeness (QED) is 0.139. The van der Waals surface area contributed by atoms with Gasteiger partial charge in [-0.25, -0.2) is 0 Å². The molecule has 9 rings (SSSR count). The molecule has 0 N–H and O–H groups in total. The minimum atomic E-state index is -4.19. The topological polar surface area (TPSA) is 15.9 Å². The molecule has 0 saturated carbocycles. The summed E-state index contributed by atoms with van der Waals surface area (Å²) in [5.41, 5.74) is 6.19. The summed E-state index contributed by atoms with van der Waals surface area (Å²) in [6, 6.07) is 18.6. The minimum Gasteiger partial charge on any atom is -0.393 e. The third kappa shape index (κ3) is 2.50. The summed E-state index contributed by atoms with van der Waals surface area (Å²) in [5, 5.41) is 3.13. The molecule has 0 unspecified atom stereocenters. The summed E-state index contributed by atoms with van der Waals surface area (Å²) in [5.74, 6) is 0. The highest BCUT2D eigenvalue weighted by Crippen LogP contribution is 2.47. The lowest BCUT2D eigenvalue weighted by molar-refractivity contribution is -0.318. The second-order valence-electron chi connectivity index (χ2n) is 11.9. The van der Waals surface area contributed by atoms with E-state index >= 15 is 17.3 Å². The van der Waals surface area contributed by atoms with Crippen LogP contribution in [-0.2, 0) is 0 Å². The number of aromatic nitrogens is 2. The van der Waals surface area contributed by atoms with Crippen LogP contribution in [0.3, 0.4) is 0 Å². The Labute approximate surface area is 238 Å². The maximum Gasteiger partial charge on any atom is 0.737 e. The van der Waals surface area contributed by atoms with Gasteiger partial charge in [0.25, 0.3) is 0 Å². The van der Waals surface area contributed by atoms with E-state index in [1.807, 2.05) is 72.8 Å². The predicted molar refractivity (Wildman–Crippen MR) is 162 cm³/mol. The molecular formula is C32H24B2F4N4. The summed E-state index contributed by atoms with van der Waals surface area (Å²) < 4.78 is 70.6. The molecule has 0 aliphatic carbocycles. The zero-order chi connectivity index (χ0) is 29.0. The van der Waals surface area contributed by atoms with Gasteiger partial charge in [0.05, 0.1) is 22.3 Å². The lowest BCUT2D eigenvalue weighted by atomic mass is 9.89. The van der Waals surface area contributed by atoms with Crippen molar-refractivity contribution in [3.63, 3.8) is 0 Å². The Bertz CT molecular complexity index is 2140. The molecule has 5 aromatic rings. The van der Waals surface area contributed by atoms with E-state index in [9.17, 15) is 0 Å². The fourth-order valence-corrected chi connectivity index (χ4v) is 8.11. The first-order valence-corrected chi connectivity index (χ1v) is 14.2. The number of halogens is 4. The van der Waals surface area contributed by atoms with E-state index in [0.29, 0.717) is 67.8 Å². The number of hydrogen-bond acceptors (Lipinski definition) is 0. The first kappa shape index (κ1) is 24.1. The largest absolute Gasteiger partial charge is 0.737 e. The molecule has 0 amide bonds. The Morgan fingerprint density at radius 3 is 1.26 bits per heavy atom. The van der Waals surface area contributed by atoms with Gasteiger partial charge in [0.2, 0.25) is 0 Å². The molecule has 10 heteroatoms. The van der Waals surface area contributed by atoms with E-state index in [4.69, 9.17) is 0 Å². The van der Waals surface area contributed by atoms with Crippen LogP contribution in [0.15, 0.2) is 60.7 Å². The summed E-state index contributed by atoms with van der Waals surface area (Å²) in [6.45, 7) is -1.51. The van der Waals surface area contributed by atoms with E-state index in [1.165, 1.54) is 8.96 Å². The predicted octanol–water partition coefficient (Wildman–Crippen LogP) is 7.35. The van der Waals surface area contributed by atoms with Crippen molar-refractivity contribution in [2.24, 2.45) is 0 Å². The molecule has 0 saturated heterocycles. The van der Waals surface area contributed by atoms with Crippen molar-refractivity contribution in [1.29, 1.82) is 0 Å². The van der Waals surface area contributed by atoms with Crippen LogP contribution in [0.2, 0.25) is 0 Å². The van der Waals surface area contributed by atoms with Gasteiger partial charge in [-0.15, -0.1) is 0 Å². The summed E-state index contributed by atoms with van der Waals surface area (Å²) in [6.07, 6.45) is 3.65. The average Bonchev–Trinajstić information content (AvgIpc) is 3.62. The number of benzene rings is 3. The Kier molecular flexibility index (Phi) is 4.15. The van der Waals surface area contributed by atoms with Crippen LogP contribution >= 0.6 is 0 Å². The van der Waals surface area contributed by atoms with Gasteiger partial charge in [-0.2, -0.15) is 0 Å². The fraction of sp³-hybridized carbons (Fsp3) is 0.125. The molecule has 42 heavy (non-hydrogen) atoms. The lowest BCUT2D eigenvalue weighted by Crippen LogP contribution is -2.50. The fourth-order valence-electron chi connectivity index (χ4n) is 8.11. The van der Waals surface area contributed by atoms with Gasteiger partial charge < -0.3 is 35.2 Å². The number of aryl methyl sites for hydroxylation is 2. The van der Waals surface area contributed by atoms with Gasteiger partial charge in [0.1, 0.15) is 11.4 Å². The maximum atomic E-state index is 16.5. The Balaban J connectivity index is 1.32. The third-order valence-corrected chi connectivity index (χ3v) is 9.95. The molecule has 0 atom stereocenters. The van der Waals surface area contributed by atoms with E-state index < -0.39 is 13.9 Å². The highest BCUT2D eigenvalue weighted by molar-refractivity contribution is 6.60. The SMILES string of the molecule is CC1=[N+]2C(=Cc3c4ccccc4c(C)n3[B-]2(F)F)c2cc3c(cc21)C1=Cc2c4ccccc4c(C)n2[B-](F)(F)[N+]1=C3C. The van der Waals surface area contributed by atoms with E-state index in [0.717, 1.165) is 30.5 Å². The molecule has 206 valence electrons. The zero-order valence-corrected chi connectivity index (χ0v) is 23.4. The molecular weight excluding hydrogens is 538 g/mol. The Morgan fingerprint density at radius 1 is 0.524 bits per heavy atom. The van der Waals surface area contributed by atoms with Crippen molar-refractivity contribution >= 4 is 70.5 Å². The van der Waals surface area contributed by atoms with Gasteiger partial charge in [0.15, 0.2) is 11.4 Å². The van der Waals surface area contributed by atoms with Crippen LogP contribution in [0, 0.1) is 13.8 Å². The lowest BCUT2D eigenvalue weighted by Gasteiger charge is -2.30. The number of rotatable bonds is 0. The van der Waals surface area contributed by atoms with Crippen molar-refractivity contribution < 1.29 is 26.2 Å². The van der Waals surface area contributed by atoms with E-state index in [-0.39, 0.29) is 0 Å². The molecule has 3 aromatic carbocycles. The molecule has 4 aliphatic rings. The van der Waals surface area contributed by atoms with Crippen LogP contribution in [0.5, 0.6) is 0 Å². The zero-order valence-electron chi connectivity index (χ0n) is 23.4. The molecule has 0 spiro atoms. The van der Waals surface area contributed by atoms with Gasteiger partial charge in [-0.1, -0.05) is 48.5 Å². The normalized spacial score (nSPS) is 19.0. The monoisotopic (exact) mass is 562 g/mol. The highest BCUT2D eigenvalue weighted by atomic mass is 19.3. The van der Waals surface area contributed by atoms with E-state index in [1.54, 1.807) is 27.7 Å². The van der Waals surface area contributed by atoms with Crippen LogP contribution in [0.25, 0.3) is 45.1 Å².